The van der Waals surface area contributed by atoms with Crippen LogP contribution in [0, 0.1) is 6.92 Å². The van der Waals surface area contributed by atoms with Crippen LogP contribution in [-0.4, -0.2) is 34.5 Å². The average Bonchev–Trinajstić information content (AvgIpc) is 2.25. The summed E-state index contributed by atoms with van der Waals surface area (Å²) < 4.78 is 0. The highest BCUT2D eigenvalue weighted by Gasteiger charge is 2.19. The maximum absolute atomic E-state index is 12.0. The van der Waals surface area contributed by atoms with Crippen LogP contribution in [0.1, 0.15) is 33.5 Å². The third kappa shape index (κ3) is 5.11. The topological polar surface area (TPSA) is 78.9 Å². The lowest BCUT2D eigenvalue weighted by atomic mass is 10.1. The van der Waals surface area contributed by atoms with Gasteiger partial charge in [-0.15, -0.1) is 0 Å². The van der Waals surface area contributed by atoms with E-state index in [0.29, 0.717) is 11.6 Å². The van der Waals surface area contributed by atoms with E-state index in [1.54, 1.807) is 20.0 Å². The summed E-state index contributed by atoms with van der Waals surface area (Å²) in [4.78, 5) is 20.4. The standard InChI is InChI=1S/C13H23N5O/c1-8(12(19)18-13(3,4)5)15-11-7-10(14-6)16-9(2)17-11/h7-8H,1-6H3,(H,18,19)(H2,14,15,16,17). The molecule has 1 heterocycles. The van der Waals surface area contributed by atoms with E-state index in [1.807, 2.05) is 27.7 Å². The normalized spacial score (nSPS) is 12.7. The molecule has 6 nitrogen and oxygen atoms in total. The van der Waals surface area contributed by atoms with Gasteiger partial charge in [0.05, 0.1) is 0 Å². The van der Waals surface area contributed by atoms with E-state index in [0.717, 1.165) is 5.82 Å². The molecule has 1 aromatic heterocycles. The average molecular weight is 265 g/mol. The highest BCUT2D eigenvalue weighted by molar-refractivity contribution is 5.84. The number of anilines is 2. The molecule has 0 radical (unpaired) electrons. The molecular weight excluding hydrogens is 242 g/mol. The number of hydrogen-bond donors (Lipinski definition) is 3. The van der Waals surface area contributed by atoms with Gasteiger partial charge in [0.1, 0.15) is 23.5 Å². The van der Waals surface area contributed by atoms with E-state index < -0.39 is 0 Å². The van der Waals surface area contributed by atoms with Gasteiger partial charge in [-0.1, -0.05) is 0 Å². The Hall–Kier alpha value is -1.85. The number of nitrogens with one attached hydrogen (secondary N) is 3. The second kappa shape index (κ2) is 5.86. The van der Waals surface area contributed by atoms with Crippen LogP contribution in [0.3, 0.4) is 0 Å². The van der Waals surface area contributed by atoms with Crippen molar-refractivity contribution in [1.82, 2.24) is 15.3 Å². The Balaban J connectivity index is 2.74. The summed E-state index contributed by atoms with van der Waals surface area (Å²) in [6, 6.07) is 1.41. The van der Waals surface area contributed by atoms with Crippen molar-refractivity contribution < 1.29 is 4.79 Å². The molecule has 3 N–H and O–H groups in total. The van der Waals surface area contributed by atoms with Crippen LogP contribution in [0.5, 0.6) is 0 Å². The van der Waals surface area contributed by atoms with Crippen molar-refractivity contribution in [2.24, 2.45) is 0 Å². The number of hydrogen-bond acceptors (Lipinski definition) is 5. The summed E-state index contributed by atoms with van der Waals surface area (Å²) in [5, 5.41) is 8.96. The van der Waals surface area contributed by atoms with Crippen LogP contribution in [-0.2, 0) is 4.79 Å². The van der Waals surface area contributed by atoms with Crippen LogP contribution in [0.25, 0.3) is 0 Å². The fourth-order valence-corrected chi connectivity index (χ4v) is 1.53. The van der Waals surface area contributed by atoms with Gasteiger partial charge in [0.2, 0.25) is 5.91 Å². The van der Waals surface area contributed by atoms with Gasteiger partial charge in [-0.3, -0.25) is 4.79 Å². The zero-order valence-electron chi connectivity index (χ0n) is 12.5. The second-order valence-corrected chi connectivity index (χ2v) is 5.54. The largest absolute Gasteiger partial charge is 0.373 e. The van der Waals surface area contributed by atoms with Crippen LogP contribution >= 0.6 is 0 Å². The third-order valence-corrected chi connectivity index (χ3v) is 2.35. The van der Waals surface area contributed by atoms with Crippen molar-refractivity contribution in [3.8, 4) is 0 Å². The van der Waals surface area contributed by atoms with Gasteiger partial charge < -0.3 is 16.0 Å². The molecule has 0 spiro atoms. The maximum atomic E-state index is 12.0. The molecule has 1 rings (SSSR count). The van der Waals surface area contributed by atoms with Gasteiger partial charge in [-0.25, -0.2) is 9.97 Å². The van der Waals surface area contributed by atoms with Gasteiger partial charge >= 0.3 is 0 Å². The van der Waals surface area contributed by atoms with Crippen LogP contribution in [0.2, 0.25) is 0 Å². The minimum atomic E-state index is -0.363. The highest BCUT2D eigenvalue weighted by atomic mass is 16.2. The summed E-state index contributed by atoms with van der Waals surface area (Å²) in [5.74, 6) is 1.94. The minimum Gasteiger partial charge on any atom is -0.373 e. The highest BCUT2D eigenvalue weighted by Crippen LogP contribution is 2.11. The van der Waals surface area contributed by atoms with Crippen molar-refractivity contribution in [3.05, 3.63) is 11.9 Å². The summed E-state index contributed by atoms with van der Waals surface area (Å²) in [7, 11) is 1.79. The lowest BCUT2D eigenvalue weighted by molar-refractivity contribution is -0.122. The first-order valence-electron chi connectivity index (χ1n) is 6.33. The van der Waals surface area contributed by atoms with E-state index in [4.69, 9.17) is 0 Å². The molecule has 0 aromatic carbocycles. The molecule has 0 aliphatic rings. The Morgan fingerprint density at radius 3 is 2.37 bits per heavy atom. The predicted octanol–water partition coefficient (Wildman–Crippen LogP) is 1.54. The molecule has 0 bridgehead atoms. The summed E-state index contributed by atoms with van der Waals surface area (Å²) in [6.45, 7) is 9.46. The lowest BCUT2D eigenvalue weighted by Gasteiger charge is -2.24. The smallest absolute Gasteiger partial charge is 0.242 e. The predicted molar refractivity (Wildman–Crippen MR) is 77.3 cm³/mol. The number of amides is 1. The fraction of sp³-hybridized carbons (Fsp3) is 0.615. The third-order valence-electron chi connectivity index (χ3n) is 2.35. The first-order valence-corrected chi connectivity index (χ1v) is 6.33. The number of aryl methyl sites for hydroxylation is 1. The van der Waals surface area contributed by atoms with Gasteiger partial charge in [-0.05, 0) is 34.6 Å². The number of carbonyl (C=O) groups excluding carboxylic acids is 1. The number of rotatable bonds is 4. The summed E-state index contributed by atoms with van der Waals surface area (Å²) in [6.07, 6.45) is 0. The van der Waals surface area contributed by atoms with E-state index in [1.165, 1.54) is 0 Å². The van der Waals surface area contributed by atoms with Gasteiger partial charge in [0.25, 0.3) is 0 Å². The number of nitrogens with zero attached hydrogens (tertiary/aromatic N) is 2. The van der Waals surface area contributed by atoms with Crippen LogP contribution < -0.4 is 16.0 Å². The molecule has 1 atom stereocenters. The molecule has 0 aliphatic heterocycles. The number of carbonyl (C=O) groups is 1. The molecule has 0 fully saturated rings. The second-order valence-electron chi connectivity index (χ2n) is 5.54. The number of aromatic nitrogens is 2. The zero-order valence-corrected chi connectivity index (χ0v) is 12.5. The molecular formula is C13H23N5O. The van der Waals surface area contributed by atoms with E-state index >= 15 is 0 Å². The lowest BCUT2D eigenvalue weighted by Crippen LogP contribution is -2.47. The van der Waals surface area contributed by atoms with Gasteiger partial charge in [0, 0.05) is 18.7 Å². The SMILES string of the molecule is CNc1cc(NC(C)C(=O)NC(C)(C)C)nc(C)n1. The Kier molecular flexibility index (Phi) is 4.69. The van der Waals surface area contributed by atoms with Crippen molar-refractivity contribution in [2.75, 3.05) is 17.7 Å². The maximum Gasteiger partial charge on any atom is 0.242 e. The van der Waals surface area contributed by atoms with Crippen molar-refractivity contribution in [2.45, 2.75) is 46.2 Å². The van der Waals surface area contributed by atoms with E-state index in [9.17, 15) is 4.79 Å². The van der Waals surface area contributed by atoms with Gasteiger partial charge in [0.15, 0.2) is 0 Å². The fourth-order valence-electron chi connectivity index (χ4n) is 1.53. The van der Waals surface area contributed by atoms with E-state index in [-0.39, 0.29) is 17.5 Å². The molecule has 1 amide bonds. The van der Waals surface area contributed by atoms with Crippen molar-refractivity contribution >= 4 is 17.5 Å². The van der Waals surface area contributed by atoms with Crippen LogP contribution in [0.15, 0.2) is 6.07 Å². The van der Waals surface area contributed by atoms with Crippen molar-refractivity contribution in [1.29, 1.82) is 0 Å². The Morgan fingerprint density at radius 2 is 1.84 bits per heavy atom. The summed E-state index contributed by atoms with van der Waals surface area (Å²) >= 11 is 0. The first-order chi connectivity index (χ1) is 8.71. The monoisotopic (exact) mass is 265 g/mol. The first kappa shape index (κ1) is 15.2. The molecule has 106 valence electrons. The molecule has 0 aliphatic carbocycles. The summed E-state index contributed by atoms with van der Waals surface area (Å²) in [5.41, 5.74) is -0.245. The Morgan fingerprint density at radius 1 is 1.26 bits per heavy atom. The van der Waals surface area contributed by atoms with Crippen molar-refractivity contribution in [3.63, 3.8) is 0 Å². The Labute approximate surface area is 114 Å². The Bertz CT molecular complexity index is 453. The molecule has 19 heavy (non-hydrogen) atoms. The van der Waals surface area contributed by atoms with Crippen LogP contribution in [0.4, 0.5) is 11.6 Å². The molecule has 1 aromatic rings. The van der Waals surface area contributed by atoms with E-state index in [2.05, 4.69) is 25.9 Å². The quantitative estimate of drug-likeness (QED) is 0.769. The minimum absolute atomic E-state index is 0.0604. The molecule has 1 unspecified atom stereocenters. The molecule has 0 saturated heterocycles. The molecule has 0 saturated carbocycles. The zero-order chi connectivity index (χ0) is 14.6. The molecule has 6 heteroatoms. The van der Waals surface area contributed by atoms with Gasteiger partial charge in [-0.2, -0.15) is 0 Å².